The fraction of sp³-hybridized carbons (Fsp3) is 0.650. The summed E-state index contributed by atoms with van der Waals surface area (Å²) in [7, 11) is 0. The highest BCUT2D eigenvalue weighted by Crippen LogP contribution is 2.15. The summed E-state index contributed by atoms with van der Waals surface area (Å²) >= 11 is 0. The van der Waals surface area contributed by atoms with Crippen LogP contribution in [0, 0.1) is 5.92 Å². The van der Waals surface area contributed by atoms with Crippen molar-refractivity contribution in [1.29, 1.82) is 0 Å². The fourth-order valence-corrected chi connectivity index (χ4v) is 3.28. The highest BCUT2D eigenvalue weighted by molar-refractivity contribution is 5.73. The average molecular weight is 399 g/mol. The van der Waals surface area contributed by atoms with Gasteiger partial charge in [-0.1, -0.05) is 26.0 Å². The van der Waals surface area contributed by atoms with E-state index in [1.165, 1.54) is 12.1 Å². The molecule has 2 N–H and O–H groups in total. The van der Waals surface area contributed by atoms with Gasteiger partial charge < -0.3 is 20.1 Å². The Bertz CT molecular complexity index is 579. The molecule has 1 heterocycles. The monoisotopic (exact) mass is 399 g/mol. The molecular formula is C20H31F2N3O3. The molecule has 6 nitrogen and oxygen atoms in total. The number of nitrogens with zero attached hydrogens (tertiary/aromatic N) is 1. The quantitative estimate of drug-likeness (QED) is 0.635. The van der Waals surface area contributed by atoms with Crippen molar-refractivity contribution in [3.63, 3.8) is 0 Å². The normalized spacial score (nSPS) is 16.2. The highest BCUT2D eigenvalue weighted by atomic mass is 19.3. The molecule has 0 spiro atoms. The van der Waals surface area contributed by atoms with Crippen LogP contribution >= 0.6 is 0 Å². The van der Waals surface area contributed by atoms with Crippen LogP contribution in [0.25, 0.3) is 0 Å². The van der Waals surface area contributed by atoms with E-state index in [4.69, 9.17) is 4.74 Å². The van der Waals surface area contributed by atoms with E-state index in [2.05, 4.69) is 34.1 Å². The maximum absolute atomic E-state index is 12.1. The van der Waals surface area contributed by atoms with Gasteiger partial charge in [-0.15, -0.1) is 0 Å². The van der Waals surface area contributed by atoms with E-state index in [0.717, 1.165) is 38.3 Å². The summed E-state index contributed by atoms with van der Waals surface area (Å²) < 4.78 is 34.0. The molecule has 28 heavy (non-hydrogen) atoms. The molecule has 1 aromatic rings. The number of halogens is 2. The van der Waals surface area contributed by atoms with Gasteiger partial charge in [-0.25, -0.2) is 4.79 Å². The minimum absolute atomic E-state index is 0.128. The largest absolute Gasteiger partial charge is 0.435 e. The Balaban J connectivity index is 1.70. The van der Waals surface area contributed by atoms with E-state index >= 15 is 0 Å². The predicted molar refractivity (Wildman–Crippen MR) is 104 cm³/mol. The maximum Gasteiger partial charge on any atom is 0.387 e. The van der Waals surface area contributed by atoms with Crippen LogP contribution in [0.15, 0.2) is 24.3 Å². The lowest BCUT2D eigenvalue weighted by Crippen LogP contribution is -2.50. The van der Waals surface area contributed by atoms with Crippen molar-refractivity contribution in [2.75, 3.05) is 39.4 Å². The SMILES string of the molecule is CC(C)CC(CNC(=O)NCCc1ccc(OC(F)F)cc1)N1CCOCC1. The van der Waals surface area contributed by atoms with Gasteiger partial charge in [0.25, 0.3) is 0 Å². The van der Waals surface area contributed by atoms with E-state index in [0.29, 0.717) is 31.5 Å². The van der Waals surface area contributed by atoms with Crippen molar-refractivity contribution in [1.82, 2.24) is 15.5 Å². The summed E-state index contributed by atoms with van der Waals surface area (Å²) in [6, 6.07) is 6.54. The predicted octanol–water partition coefficient (Wildman–Crippen LogP) is 2.88. The van der Waals surface area contributed by atoms with Crippen LogP contribution in [0.1, 0.15) is 25.8 Å². The first-order valence-corrected chi connectivity index (χ1v) is 9.81. The van der Waals surface area contributed by atoms with Gasteiger partial charge in [-0.05, 0) is 36.5 Å². The molecule has 158 valence electrons. The number of hydrogen-bond donors (Lipinski definition) is 2. The van der Waals surface area contributed by atoms with E-state index in [9.17, 15) is 13.6 Å². The summed E-state index contributed by atoms with van der Waals surface area (Å²) in [5, 5.41) is 5.81. The smallest absolute Gasteiger partial charge is 0.387 e. The van der Waals surface area contributed by atoms with Gasteiger partial charge in [0.2, 0.25) is 0 Å². The van der Waals surface area contributed by atoms with Crippen LogP contribution in [0.5, 0.6) is 5.75 Å². The molecule has 0 aliphatic carbocycles. The van der Waals surface area contributed by atoms with Gasteiger partial charge in [0.15, 0.2) is 0 Å². The molecule has 1 aliphatic rings. The second-order valence-electron chi connectivity index (χ2n) is 7.34. The lowest BCUT2D eigenvalue weighted by Gasteiger charge is -2.35. The van der Waals surface area contributed by atoms with E-state index in [-0.39, 0.29) is 11.8 Å². The van der Waals surface area contributed by atoms with Crippen molar-refractivity contribution < 1.29 is 23.0 Å². The molecule has 1 unspecified atom stereocenters. The van der Waals surface area contributed by atoms with Crippen LogP contribution in [0.4, 0.5) is 13.6 Å². The van der Waals surface area contributed by atoms with Gasteiger partial charge in [0, 0.05) is 32.2 Å². The molecule has 0 bridgehead atoms. The molecule has 1 atom stereocenters. The number of hydrogen-bond acceptors (Lipinski definition) is 4. The number of benzene rings is 1. The van der Waals surface area contributed by atoms with Gasteiger partial charge in [0.05, 0.1) is 13.2 Å². The number of carbonyl (C=O) groups excluding carboxylic acids is 1. The first-order valence-electron chi connectivity index (χ1n) is 9.81. The molecule has 0 radical (unpaired) electrons. The number of nitrogens with one attached hydrogen (secondary N) is 2. The topological polar surface area (TPSA) is 62.8 Å². The lowest BCUT2D eigenvalue weighted by atomic mass is 10.0. The third-order valence-corrected chi connectivity index (χ3v) is 4.65. The average Bonchev–Trinajstić information content (AvgIpc) is 2.66. The Kier molecular flexibility index (Phi) is 9.43. The maximum atomic E-state index is 12.1. The third-order valence-electron chi connectivity index (χ3n) is 4.65. The number of rotatable bonds is 10. The van der Waals surface area contributed by atoms with Crippen LogP contribution in [0.3, 0.4) is 0 Å². The number of urea groups is 1. The zero-order valence-corrected chi connectivity index (χ0v) is 16.6. The van der Waals surface area contributed by atoms with Gasteiger partial charge in [-0.3, -0.25) is 4.90 Å². The summed E-state index contributed by atoms with van der Waals surface area (Å²) in [6.45, 7) is 5.88. The molecule has 1 aliphatic heterocycles. The second-order valence-corrected chi connectivity index (χ2v) is 7.34. The van der Waals surface area contributed by atoms with Gasteiger partial charge >= 0.3 is 12.6 Å². The minimum Gasteiger partial charge on any atom is -0.435 e. The van der Waals surface area contributed by atoms with Crippen LogP contribution < -0.4 is 15.4 Å². The number of ether oxygens (including phenoxy) is 2. The Morgan fingerprint density at radius 3 is 2.46 bits per heavy atom. The zero-order chi connectivity index (χ0) is 20.4. The van der Waals surface area contributed by atoms with E-state index in [1.807, 2.05) is 0 Å². The van der Waals surface area contributed by atoms with Crippen LogP contribution in [-0.2, 0) is 11.2 Å². The van der Waals surface area contributed by atoms with Crippen molar-refractivity contribution >= 4 is 6.03 Å². The molecule has 1 aromatic carbocycles. The molecular weight excluding hydrogens is 368 g/mol. The number of alkyl halides is 2. The highest BCUT2D eigenvalue weighted by Gasteiger charge is 2.22. The number of amides is 2. The van der Waals surface area contributed by atoms with E-state index < -0.39 is 6.61 Å². The standard InChI is InChI=1S/C20H31F2N3O3/c1-15(2)13-17(25-9-11-27-12-10-25)14-24-20(26)23-8-7-16-3-5-18(6-4-16)28-19(21)22/h3-6,15,17,19H,7-14H2,1-2H3,(H2,23,24,26). The van der Waals surface area contributed by atoms with Crippen LogP contribution in [-0.4, -0.2) is 63.0 Å². The van der Waals surface area contributed by atoms with Crippen molar-refractivity contribution in [2.45, 2.75) is 39.3 Å². The molecule has 2 amide bonds. The van der Waals surface area contributed by atoms with Crippen molar-refractivity contribution in [3.8, 4) is 5.75 Å². The summed E-state index contributed by atoms with van der Waals surface area (Å²) in [5.41, 5.74) is 0.938. The Labute approximate surface area is 165 Å². The molecule has 1 saturated heterocycles. The number of carbonyl (C=O) groups is 1. The second kappa shape index (κ2) is 11.8. The van der Waals surface area contributed by atoms with Gasteiger partial charge in [0.1, 0.15) is 5.75 Å². The van der Waals surface area contributed by atoms with Crippen LogP contribution in [0.2, 0.25) is 0 Å². The minimum atomic E-state index is -2.83. The Hall–Kier alpha value is -1.93. The Morgan fingerprint density at radius 2 is 1.86 bits per heavy atom. The summed E-state index contributed by atoms with van der Waals surface area (Å²) in [5.74, 6) is 0.679. The zero-order valence-electron chi connectivity index (χ0n) is 16.6. The first kappa shape index (κ1) is 22.4. The first-order chi connectivity index (χ1) is 13.4. The molecule has 0 aromatic heterocycles. The third kappa shape index (κ3) is 8.39. The number of morpholine rings is 1. The molecule has 8 heteroatoms. The molecule has 2 rings (SSSR count). The van der Waals surface area contributed by atoms with Gasteiger partial charge in [-0.2, -0.15) is 8.78 Å². The molecule has 0 saturated carbocycles. The van der Waals surface area contributed by atoms with E-state index in [1.54, 1.807) is 12.1 Å². The Morgan fingerprint density at radius 1 is 1.18 bits per heavy atom. The van der Waals surface area contributed by atoms with Crippen molar-refractivity contribution in [2.24, 2.45) is 5.92 Å². The van der Waals surface area contributed by atoms with Crippen molar-refractivity contribution in [3.05, 3.63) is 29.8 Å². The fourth-order valence-electron chi connectivity index (χ4n) is 3.28. The summed E-state index contributed by atoms with van der Waals surface area (Å²) in [6.07, 6.45) is 1.63. The lowest BCUT2D eigenvalue weighted by molar-refractivity contribution is -0.0498. The summed E-state index contributed by atoms with van der Waals surface area (Å²) in [4.78, 5) is 14.5. The molecule has 1 fully saturated rings.